The van der Waals surface area contributed by atoms with E-state index in [1.54, 1.807) is 4.90 Å². The number of aliphatic carboxylic acids is 1. The van der Waals surface area contributed by atoms with Crippen molar-refractivity contribution in [1.29, 1.82) is 0 Å². The van der Waals surface area contributed by atoms with Crippen molar-refractivity contribution in [1.82, 2.24) is 30.6 Å². The number of carboxylic acids is 1. The van der Waals surface area contributed by atoms with E-state index in [1.807, 2.05) is 9.80 Å². The van der Waals surface area contributed by atoms with Gasteiger partial charge in [-0.25, -0.2) is 4.79 Å². The van der Waals surface area contributed by atoms with Crippen molar-refractivity contribution in [2.75, 3.05) is 75.8 Å². The number of piperazine rings is 2. The first-order valence-corrected chi connectivity index (χ1v) is 13.5. The number of carboxylic acid groups (broad SMARTS) is 1. The van der Waals surface area contributed by atoms with Crippen molar-refractivity contribution >= 4 is 44.9 Å². The summed E-state index contributed by atoms with van der Waals surface area (Å²) in [6.07, 6.45) is -7.78. The maximum absolute atomic E-state index is 12.4. The molecule has 4 rings (SSSR count). The molecule has 0 aromatic carbocycles. The molecule has 0 aliphatic carbocycles. The topological polar surface area (TPSA) is 140 Å². The fourth-order valence-corrected chi connectivity index (χ4v) is 4.79. The standard InChI is InChI=1S/C10H13F3N4O2S.C7H9F3N4S.C4H6O2.Li/c11-10(12,13)8-14-15-9(20-8)17-5-3-16(4-6-17)2-1-7(18)19;8-7(9,10)5-12-13-6(15-5)14-3-1-11-2-4-14;1-3-4(5)6-2;/h1-6H2,(H,18,19);11H,1-4H2;3H,1H2,2H3;/q;;;+1/p-1. The fourth-order valence-electron chi connectivity index (χ4n) is 3.27. The van der Waals surface area contributed by atoms with E-state index >= 15 is 0 Å². The SMILES string of the molecule is C=CC(=O)OC.FC(F)(F)c1nnc(N2CCNCC2)s1.O=C([O-])CCN1CCN(c2nnc(C(F)(F)F)s2)CC1.[Li+]. The Balaban J connectivity index is 0.000000354. The second-order valence-electron chi connectivity index (χ2n) is 8.19. The monoisotopic (exact) mass is 640 g/mol. The van der Waals surface area contributed by atoms with E-state index in [1.165, 1.54) is 7.11 Å². The summed E-state index contributed by atoms with van der Waals surface area (Å²) in [4.78, 5) is 25.7. The van der Waals surface area contributed by atoms with E-state index in [-0.39, 0.29) is 30.4 Å². The molecule has 2 aliphatic rings. The Kier molecular flexibility index (Phi) is 15.7. The molecule has 0 spiro atoms. The molecule has 4 heterocycles. The van der Waals surface area contributed by atoms with Crippen LogP contribution in [0.2, 0.25) is 0 Å². The summed E-state index contributed by atoms with van der Waals surface area (Å²) >= 11 is 1.12. The number of halogens is 6. The second kappa shape index (κ2) is 17.6. The third-order valence-corrected chi connectivity index (χ3v) is 7.40. The summed E-state index contributed by atoms with van der Waals surface area (Å²) in [7, 11) is 1.31. The number of alkyl halides is 6. The second-order valence-corrected chi connectivity index (χ2v) is 10.1. The van der Waals surface area contributed by atoms with Gasteiger partial charge in [0.25, 0.3) is 0 Å². The van der Waals surface area contributed by atoms with Crippen LogP contribution in [0, 0.1) is 0 Å². The van der Waals surface area contributed by atoms with Gasteiger partial charge in [0.15, 0.2) is 0 Å². The number of methoxy groups -OCH3 is 1. The first-order valence-electron chi connectivity index (χ1n) is 11.9. The van der Waals surface area contributed by atoms with Crippen molar-refractivity contribution in [3.05, 3.63) is 22.7 Å². The Labute approximate surface area is 256 Å². The van der Waals surface area contributed by atoms with Gasteiger partial charge in [0.1, 0.15) is 0 Å². The Morgan fingerprint density at radius 1 is 0.905 bits per heavy atom. The van der Waals surface area contributed by atoms with Gasteiger partial charge < -0.3 is 29.8 Å². The molecule has 2 aliphatic heterocycles. The Hall–Kier alpha value is -2.50. The largest absolute Gasteiger partial charge is 1.00 e. The molecule has 21 heteroatoms. The van der Waals surface area contributed by atoms with Crippen LogP contribution in [0.15, 0.2) is 12.7 Å². The third kappa shape index (κ3) is 12.8. The summed E-state index contributed by atoms with van der Waals surface area (Å²) in [6.45, 7) is 8.58. The van der Waals surface area contributed by atoms with Crippen LogP contribution < -0.4 is 39.1 Å². The molecular weight excluding hydrogens is 613 g/mol. The number of nitrogens with zero attached hydrogens (tertiary/aromatic N) is 7. The van der Waals surface area contributed by atoms with Crippen LogP contribution in [0.25, 0.3) is 0 Å². The predicted molar refractivity (Wildman–Crippen MR) is 135 cm³/mol. The molecule has 2 aromatic heterocycles. The van der Waals surface area contributed by atoms with Crippen molar-refractivity contribution < 1.29 is 64.6 Å². The number of hydrogen-bond donors (Lipinski definition) is 1. The minimum Gasteiger partial charge on any atom is -0.550 e. The zero-order valence-electron chi connectivity index (χ0n) is 22.7. The van der Waals surface area contributed by atoms with Crippen LogP contribution in [0.3, 0.4) is 0 Å². The van der Waals surface area contributed by atoms with E-state index in [0.717, 1.165) is 19.2 Å². The normalized spacial score (nSPS) is 15.8. The summed E-state index contributed by atoms with van der Waals surface area (Å²) in [5.74, 6) is -1.50. The Morgan fingerprint density at radius 2 is 1.36 bits per heavy atom. The van der Waals surface area contributed by atoms with E-state index < -0.39 is 34.3 Å². The first kappa shape index (κ1) is 37.5. The molecule has 0 unspecified atom stereocenters. The fraction of sp³-hybridized carbons (Fsp3) is 0.619. The molecule has 2 saturated heterocycles. The smallest absolute Gasteiger partial charge is 0.550 e. The Morgan fingerprint density at radius 3 is 1.69 bits per heavy atom. The molecule has 2 fully saturated rings. The maximum atomic E-state index is 12.4. The minimum atomic E-state index is -4.47. The van der Waals surface area contributed by atoms with Crippen LogP contribution in [0.4, 0.5) is 36.6 Å². The number of ether oxygens (including phenoxy) is 1. The number of anilines is 2. The quantitative estimate of drug-likeness (QED) is 0.164. The van der Waals surface area contributed by atoms with E-state index in [0.29, 0.717) is 73.6 Å². The summed E-state index contributed by atoms with van der Waals surface area (Å²) in [5, 5.41) is 25.6. The molecular formula is C21H27F6LiN8O4S2. The van der Waals surface area contributed by atoms with Crippen molar-refractivity contribution in [3.63, 3.8) is 0 Å². The van der Waals surface area contributed by atoms with Crippen LogP contribution in [0.1, 0.15) is 16.4 Å². The predicted octanol–water partition coefficient (Wildman–Crippen LogP) is -1.87. The number of nitrogens with one attached hydrogen (secondary N) is 1. The van der Waals surface area contributed by atoms with Crippen LogP contribution in [0.5, 0.6) is 0 Å². The molecule has 0 saturated carbocycles. The molecule has 12 nitrogen and oxygen atoms in total. The molecule has 42 heavy (non-hydrogen) atoms. The van der Waals surface area contributed by atoms with Crippen LogP contribution >= 0.6 is 22.7 Å². The Bertz CT molecular complexity index is 1120. The molecule has 0 bridgehead atoms. The summed E-state index contributed by atoms with van der Waals surface area (Å²) in [5.41, 5.74) is 0. The van der Waals surface area contributed by atoms with Gasteiger partial charge in [0.05, 0.1) is 7.11 Å². The van der Waals surface area contributed by atoms with Gasteiger partial charge >= 0.3 is 37.2 Å². The number of aromatic nitrogens is 4. The van der Waals surface area contributed by atoms with Crippen LogP contribution in [-0.4, -0.2) is 103 Å². The summed E-state index contributed by atoms with van der Waals surface area (Å²) < 4.78 is 78.2. The van der Waals surface area contributed by atoms with Gasteiger partial charge in [-0.3, -0.25) is 4.90 Å². The average Bonchev–Trinajstić information content (AvgIpc) is 3.64. The average molecular weight is 641 g/mol. The van der Waals surface area contributed by atoms with E-state index in [9.17, 15) is 41.0 Å². The van der Waals surface area contributed by atoms with Gasteiger partial charge in [-0.05, 0) is 6.42 Å². The molecule has 0 amide bonds. The zero-order valence-corrected chi connectivity index (χ0v) is 24.3. The number of rotatable bonds is 6. The number of esters is 1. The molecule has 2 aromatic rings. The van der Waals surface area contributed by atoms with Gasteiger partial charge in [-0.1, -0.05) is 29.3 Å². The van der Waals surface area contributed by atoms with E-state index in [2.05, 4.69) is 37.0 Å². The molecule has 1 N–H and O–H groups in total. The van der Waals surface area contributed by atoms with Gasteiger partial charge in [0.2, 0.25) is 20.3 Å². The van der Waals surface area contributed by atoms with Crippen molar-refractivity contribution in [2.45, 2.75) is 18.8 Å². The number of hydrogen-bond acceptors (Lipinski definition) is 14. The molecule has 230 valence electrons. The van der Waals surface area contributed by atoms with Gasteiger partial charge in [0, 0.05) is 70.9 Å². The zero-order chi connectivity index (χ0) is 30.6. The van der Waals surface area contributed by atoms with E-state index in [4.69, 9.17) is 0 Å². The van der Waals surface area contributed by atoms with Crippen LogP contribution in [-0.2, 0) is 26.7 Å². The number of carbonyl (C=O) groups excluding carboxylic acids is 2. The summed E-state index contributed by atoms with van der Waals surface area (Å²) in [6, 6.07) is 0. The first-order chi connectivity index (χ1) is 19.2. The maximum Gasteiger partial charge on any atom is 1.00 e. The third-order valence-electron chi connectivity index (χ3n) is 5.34. The van der Waals surface area contributed by atoms with Crippen molar-refractivity contribution in [3.8, 4) is 0 Å². The van der Waals surface area contributed by atoms with Crippen molar-refractivity contribution in [2.24, 2.45) is 0 Å². The minimum absolute atomic E-state index is 0. The molecule has 0 radical (unpaired) electrons. The van der Waals surface area contributed by atoms with Gasteiger partial charge in [-0.15, -0.1) is 20.4 Å². The molecule has 0 atom stereocenters. The van der Waals surface area contributed by atoms with Gasteiger partial charge in [-0.2, -0.15) is 26.3 Å². The number of carbonyl (C=O) groups is 2.